The summed E-state index contributed by atoms with van der Waals surface area (Å²) in [7, 11) is 2.18. The van der Waals surface area contributed by atoms with Gasteiger partial charge in [-0.25, -0.2) is 0 Å². The molecule has 0 saturated carbocycles. The summed E-state index contributed by atoms with van der Waals surface area (Å²) in [6.45, 7) is 12.4. The van der Waals surface area contributed by atoms with Crippen LogP contribution in [0.4, 0.5) is 0 Å². The lowest BCUT2D eigenvalue weighted by Gasteiger charge is -2.29. The maximum atomic E-state index is 2.38. The van der Waals surface area contributed by atoms with Crippen molar-refractivity contribution in [3.05, 3.63) is 0 Å². The van der Waals surface area contributed by atoms with E-state index in [4.69, 9.17) is 0 Å². The van der Waals surface area contributed by atoms with E-state index in [1.54, 1.807) is 0 Å². The Morgan fingerprint density at radius 3 is 1.70 bits per heavy atom. The molecule has 1 nitrogen and oxygen atoms in total. The Hall–Kier alpha value is -0.0400. The second-order valence-electron chi connectivity index (χ2n) is 4.57. The third kappa shape index (κ3) is 4.80. The maximum Gasteiger partial charge on any atom is 0.00357 e. The standard InChI is InChI=1S/C9H21N/c1-8(2)10(6)7-9(3,4)5/h8H,7H2,1-6H3. The van der Waals surface area contributed by atoms with Crippen molar-refractivity contribution >= 4 is 0 Å². The third-order valence-electron chi connectivity index (χ3n) is 1.61. The Morgan fingerprint density at radius 1 is 1.20 bits per heavy atom. The van der Waals surface area contributed by atoms with Gasteiger partial charge in [0.2, 0.25) is 0 Å². The number of hydrogen-bond donors (Lipinski definition) is 0. The van der Waals surface area contributed by atoms with Crippen LogP contribution in [-0.2, 0) is 0 Å². The van der Waals surface area contributed by atoms with Crippen molar-refractivity contribution in [3.63, 3.8) is 0 Å². The lowest BCUT2D eigenvalue weighted by atomic mass is 9.96. The van der Waals surface area contributed by atoms with Gasteiger partial charge in [-0.2, -0.15) is 0 Å². The fourth-order valence-electron chi connectivity index (χ4n) is 0.931. The Labute approximate surface area is 65.4 Å². The van der Waals surface area contributed by atoms with E-state index in [1.165, 1.54) is 6.54 Å². The van der Waals surface area contributed by atoms with Crippen molar-refractivity contribution in [3.8, 4) is 0 Å². The van der Waals surface area contributed by atoms with Crippen LogP contribution in [0.2, 0.25) is 0 Å². The SMILES string of the molecule is CC(C)N(C)CC(C)(C)C. The molecule has 0 saturated heterocycles. The highest BCUT2D eigenvalue weighted by atomic mass is 15.1. The van der Waals surface area contributed by atoms with Gasteiger partial charge in [-0.05, 0) is 26.3 Å². The minimum absolute atomic E-state index is 0.430. The fraction of sp³-hybridized carbons (Fsp3) is 1.00. The number of hydrogen-bond acceptors (Lipinski definition) is 1. The lowest BCUT2D eigenvalue weighted by Crippen LogP contribution is -2.34. The first-order valence-electron chi connectivity index (χ1n) is 4.03. The van der Waals surface area contributed by atoms with Crippen LogP contribution in [0.15, 0.2) is 0 Å². The first-order valence-corrected chi connectivity index (χ1v) is 4.03. The van der Waals surface area contributed by atoms with Gasteiger partial charge in [-0.15, -0.1) is 0 Å². The van der Waals surface area contributed by atoms with Crippen molar-refractivity contribution in [2.24, 2.45) is 5.41 Å². The Bertz CT molecular complexity index is 89.4. The summed E-state index contributed by atoms with van der Waals surface area (Å²) >= 11 is 0. The van der Waals surface area contributed by atoms with Crippen LogP contribution in [-0.4, -0.2) is 24.5 Å². The van der Waals surface area contributed by atoms with Crippen LogP contribution < -0.4 is 0 Å². The summed E-state index contributed by atoms with van der Waals surface area (Å²) < 4.78 is 0. The minimum Gasteiger partial charge on any atom is -0.303 e. The molecule has 0 atom stereocenters. The molecule has 0 aromatic rings. The molecule has 0 heterocycles. The highest BCUT2D eigenvalue weighted by molar-refractivity contribution is 4.68. The largest absolute Gasteiger partial charge is 0.303 e. The van der Waals surface area contributed by atoms with E-state index in [-0.39, 0.29) is 0 Å². The third-order valence-corrected chi connectivity index (χ3v) is 1.61. The average molecular weight is 143 g/mol. The van der Waals surface area contributed by atoms with E-state index >= 15 is 0 Å². The first-order chi connectivity index (χ1) is 4.33. The molecule has 0 amide bonds. The van der Waals surface area contributed by atoms with Crippen molar-refractivity contribution < 1.29 is 0 Å². The fourth-order valence-corrected chi connectivity index (χ4v) is 0.931. The van der Waals surface area contributed by atoms with E-state index in [1.807, 2.05) is 0 Å². The van der Waals surface area contributed by atoms with Gasteiger partial charge in [0.05, 0.1) is 0 Å². The second-order valence-corrected chi connectivity index (χ2v) is 4.57. The van der Waals surface area contributed by atoms with E-state index in [9.17, 15) is 0 Å². The number of rotatable bonds is 2. The lowest BCUT2D eigenvalue weighted by molar-refractivity contribution is 0.191. The van der Waals surface area contributed by atoms with Crippen molar-refractivity contribution in [2.45, 2.75) is 40.7 Å². The maximum absolute atomic E-state index is 2.38. The second kappa shape index (κ2) is 3.38. The molecule has 1 heteroatoms. The van der Waals surface area contributed by atoms with Gasteiger partial charge in [-0.1, -0.05) is 20.8 Å². The summed E-state index contributed by atoms with van der Waals surface area (Å²) in [6, 6.07) is 0.666. The molecule has 0 aliphatic carbocycles. The molecule has 0 unspecified atom stereocenters. The predicted molar refractivity (Wildman–Crippen MR) is 47.2 cm³/mol. The summed E-state index contributed by atoms with van der Waals surface area (Å²) in [5.41, 5.74) is 0.430. The molecule has 0 aliphatic heterocycles. The van der Waals surface area contributed by atoms with Crippen LogP contribution in [0.25, 0.3) is 0 Å². The molecular formula is C9H21N. The normalized spacial score (nSPS) is 13.2. The van der Waals surface area contributed by atoms with Gasteiger partial charge in [0, 0.05) is 12.6 Å². The summed E-state index contributed by atoms with van der Waals surface area (Å²) in [6.07, 6.45) is 0. The van der Waals surface area contributed by atoms with Gasteiger partial charge >= 0.3 is 0 Å². The molecule has 62 valence electrons. The van der Waals surface area contributed by atoms with Gasteiger partial charge in [0.1, 0.15) is 0 Å². The first kappa shape index (κ1) is 9.96. The highest BCUT2D eigenvalue weighted by Gasteiger charge is 2.14. The van der Waals surface area contributed by atoms with E-state index in [0.717, 1.165) is 0 Å². The molecule has 10 heavy (non-hydrogen) atoms. The van der Waals surface area contributed by atoms with E-state index in [2.05, 4.69) is 46.6 Å². The van der Waals surface area contributed by atoms with Crippen molar-refractivity contribution in [2.75, 3.05) is 13.6 Å². The minimum atomic E-state index is 0.430. The predicted octanol–water partition coefficient (Wildman–Crippen LogP) is 2.37. The molecule has 0 aromatic heterocycles. The van der Waals surface area contributed by atoms with Crippen LogP contribution >= 0.6 is 0 Å². The molecule has 0 spiro atoms. The monoisotopic (exact) mass is 143 g/mol. The van der Waals surface area contributed by atoms with E-state index in [0.29, 0.717) is 11.5 Å². The van der Waals surface area contributed by atoms with Crippen LogP contribution in [0, 0.1) is 5.41 Å². The Balaban J connectivity index is 3.68. The molecule has 0 bridgehead atoms. The zero-order valence-electron chi connectivity index (χ0n) is 8.23. The van der Waals surface area contributed by atoms with Gasteiger partial charge < -0.3 is 4.90 Å². The highest BCUT2D eigenvalue weighted by Crippen LogP contribution is 2.15. The zero-order chi connectivity index (χ0) is 8.36. The zero-order valence-corrected chi connectivity index (χ0v) is 8.23. The smallest absolute Gasteiger partial charge is 0.00357 e. The van der Waals surface area contributed by atoms with Crippen LogP contribution in [0.5, 0.6) is 0 Å². The van der Waals surface area contributed by atoms with Crippen LogP contribution in [0.1, 0.15) is 34.6 Å². The molecule has 0 aromatic carbocycles. The summed E-state index contributed by atoms with van der Waals surface area (Å²) in [5.74, 6) is 0. The Kier molecular flexibility index (Phi) is 3.37. The average Bonchev–Trinajstić information content (AvgIpc) is 1.60. The molecule has 0 aliphatic rings. The molecule has 0 rings (SSSR count). The van der Waals surface area contributed by atoms with Gasteiger partial charge in [0.25, 0.3) is 0 Å². The molecule has 0 fully saturated rings. The quantitative estimate of drug-likeness (QED) is 0.573. The van der Waals surface area contributed by atoms with E-state index < -0.39 is 0 Å². The topological polar surface area (TPSA) is 3.24 Å². The summed E-state index contributed by atoms with van der Waals surface area (Å²) in [5, 5.41) is 0. The molecular weight excluding hydrogens is 122 g/mol. The van der Waals surface area contributed by atoms with Crippen molar-refractivity contribution in [1.82, 2.24) is 4.90 Å². The number of nitrogens with zero attached hydrogens (tertiary/aromatic N) is 1. The van der Waals surface area contributed by atoms with Crippen molar-refractivity contribution in [1.29, 1.82) is 0 Å². The van der Waals surface area contributed by atoms with Crippen LogP contribution in [0.3, 0.4) is 0 Å². The Morgan fingerprint density at radius 2 is 1.60 bits per heavy atom. The summed E-state index contributed by atoms with van der Waals surface area (Å²) in [4.78, 5) is 2.38. The molecule has 0 N–H and O–H groups in total. The van der Waals surface area contributed by atoms with Gasteiger partial charge in [0.15, 0.2) is 0 Å². The van der Waals surface area contributed by atoms with Gasteiger partial charge in [-0.3, -0.25) is 0 Å². The molecule has 0 radical (unpaired) electrons.